The fraction of sp³-hybridized carbons (Fsp3) is 0.211. The van der Waals surface area contributed by atoms with E-state index in [2.05, 4.69) is 15.3 Å². The maximum absolute atomic E-state index is 12.9. The second-order valence-electron chi connectivity index (χ2n) is 5.77. The van der Waals surface area contributed by atoms with E-state index in [1.165, 1.54) is 30.8 Å². The molecule has 0 unspecified atom stereocenters. The van der Waals surface area contributed by atoms with Gasteiger partial charge in [0, 0.05) is 24.3 Å². The number of nitrogens with one attached hydrogen (secondary N) is 1. The highest BCUT2D eigenvalue weighted by Gasteiger charge is 2.30. The van der Waals surface area contributed by atoms with E-state index < -0.39 is 17.6 Å². The predicted molar refractivity (Wildman–Crippen MR) is 102 cm³/mol. The van der Waals surface area contributed by atoms with Crippen LogP contribution >= 0.6 is 11.3 Å². The highest BCUT2D eigenvalue weighted by Crippen LogP contribution is 2.33. The van der Waals surface area contributed by atoms with Gasteiger partial charge in [0.05, 0.1) is 12.2 Å². The van der Waals surface area contributed by atoms with Gasteiger partial charge in [0.1, 0.15) is 23.0 Å². The zero-order valence-electron chi connectivity index (χ0n) is 15.2. The van der Waals surface area contributed by atoms with Crippen molar-refractivity contribution < 1.29 is 27.4 Å². The smallest absolute Gasteiger partial charge is 0.416 e. The van der Waals surface area contributed by atoms with Crippen molar-refractivity contribution in [2.24, 2.45) is 0 Å². The van der Waals surface area contributed by atoms with Crippen molar-refractivity contribution in [3.63, 3.8) is 0 Å². The Hall–Kier alpha value is -2.98. The van der Waals surface area contributed by atoms with Gasteiger partial charge in [0.25, 0.3) is 5.91 Å². The topological polar surface area (TPSA) is 73.3 Å². The molecule has 1 amide bonds. The third-order valence-electron chi connectivity index (χ3n) is 3.72. The monoisotopic (exact) mass is 423 g/mol. The molecule has 29 heavy (non-hydrogen) atoms. The largest absolute Gasteiger partial charge is 0.474 e. The molecule has 0 fully saturated rings. The number of amides is 1. The average molecular weight is 423 g/mol. The maximum Gasteiger partial charge on any atom is 0.416 e. The standard InChI is InChI=1S/C19H16F3N3O3S/c1-27-8-9-28-17-14(6-3-7-23-17)24-16(26)15-11-29-18(25-15)12-4-2-5-13(10-12)19(20,21)22/h2-7,10-11H,8-9H2,1H3,(H,24,26). The van der Waals surface area contributed by atoms with Crippen molar-refractivity contribution in [1.29, 1.82) is 0 Å². The van der Waals surface area contributed by atoms with E-state index in [1.54, 1.807) is 12.1 Å². The number of nitrogens with zero attached hydrogens (tertiary/aromatic N) is 2. The van der Waals surface area contributed by atoms with Gasteiger partial charge in [-0.2, -0.15) is 13.2 Å². The molecule has 0 atom stereocenters. The third kappa shape index (κ3) is 5.30. The molecule has 3 aromatic rings. The lowest BCUT2D eigenvalue weighted by Crippen LogP contribution is -2.14. The number of pyridine rings is 1. The molecule has 0 aliphatic rings. The minimum absolute atomic E-state index is 0.0779. The van der Waals surface area contributed by atoms with E-state index >= 15 is 0 Å². The number of benzene rings is 1. The fourth-order valence-corrected chi connectivity index (χ4v) is 3.15. The molecule has 3 rings (SSSR count). The number of methoxy groups -OCH3 is 1. The van der Waals surface area contributed by atoms with Crippen LogP contribution in [0.3, 0.4) is 0 Å². The first-order valence-electron chi connectivity index (χ1n) is 8.40. The molecule has 152 valence electrons. The number of ether oxygens (including phenoxy) is 2. The van der Waals surface area contributed by atoms with E-state index in [0.29, 0.717) is 17.3 Å². The van der Waals surface area contributed by atoms with Gasteiger partial charge in [0.2, 0.25) is 5.88 Å². The van der Waals surface area contributed by atoms with Gasteiger partial charge in [-0.15, -0.1) is 11.3 Å². The van der Waals surface area contributed by atoms with Crippen molar-refractivity contribution in [2.75, 3.05) is 25.6 Å². The summed E-state index contributed by atoms with van der Waals surface area (Å²) in [7, 11) is 1.54. The van der Waals surface area contributed by atoms with Crippen LogP contribution in [0.2, 0.25) is 0 Å². The molecular formula is C19H16F3N3O3S. The van der Waals surface area contributed by atoms with Gasteiger partial charge in [-0.25, -0.2) is 9.97 Å². The van der Waals surface area contributed by atoms with Crippen molar-refractivity contribution in [3.8, 4) is 16.5 Å². The van der Waals surface area contributed by atoms with Crippen molar-refractivity contribution in [1.82, 2.24) is 9.97 Å². The van der Waals surface area contributed by atoms with E-state index in [-0.39, 0.29) is 23.7 Å². The summed E-state index contributed by atoms with van der Waals surface area (Å²) in [5.41, 5.74) is -0.0606. The Kier molecular flexibility index (Phi) is 6.45. The fourth-order valence-electron chi connectivity index (χ4n) is 2.35. The lowest BCUT2D eigenvalue weighted by atomic mass is 10.1. The first-order valence-corrected chi connectivity index (χ1v) is 9.27. The van der Waals surface area contributed by atoms with Gasteiger partial charge in [-0.05, 0) is 24.3 Å². The zero-order valence-corrected chi connectivity index (χ0v) is 16.0. The van der Waals surface area contributed by atoms with Crippen LogP contribution in [0.15, 0.2) is 48.0 Å². The van der Waals surface area contributed by atoms with Crippen LogP contribution < -0.4 is 10.1 Å². The van der Waals surface area contributed by atoms with Gasteiger partial charge < -0.3 is 14.8 Å². The summed E-state index contributed by atoms with van der Waals surface area (Å²) in [6, 6.07) is 8.06. The Morgan fingerprint density at radius 2 is 2.03 bits per heavy atom. The molecular weight excluding hydrogens is 407 g/mol. The number of anilines is 1. The maximum atomic E-state index is 12.9. The first-order chi connectivity index (χ1) is 13.9. The molecule has 1 aromatic carbocycles. The summed E-state index contributed by atoms with van der Waals surface area (Å²) in [6.07, 6.45) is -2.93. The van der Waals surface area contributed by atoms with Gasteiger partial charge in [-0.1, -0.05) is 12.1 Å². The molecule has 1 N–H and O–H groups in total. The van der Waals surface area contributed by atoms with E-state index in [9.17, 15) is 18.0 Å². The number of aromatic nitrogens is 2. The Bertz CT molecular complexity index is 992. The minimum atomic E-state index is -4.45. The summed E-state index contributed by atoms with van der Waals surface area (Å²) in [5.74, 6) is -0.296. The van der Waals surface area contributed by atoms with Gasteiger partial charge in [0.15, 0.2) is 0 Å². The summed E-state index contributed by atoms with van der Waals surface area (Å²) < 4.78 is 49.1. The summed E-state index contributed by atoms with van der Waals surface area (Å²) in [5, 5.41) is 4.44. The van der Waals surface area contributed by atoms with E-state index in [0.717, 1.165) is 23.5 Å². The van der Waals surface area contributed by atoms with Crippen LogP contribution in [0.25, 0.3) is 10.6 Å². The Labute approximate surface area is 168 Å². The molecule has 0 saturated heterocycles. The Morgan fingerprint density at radius 3 is 2.79 bits per heavy atom. The highest BCUT2D eigenvalue weighted by atomic mass is 32.1. The average Bonchev–Trinajstić information content (AvgIpc) is 3.19. The molecule has 0 saturated carbocycles. The molecule has 0 radical (unpaired) electrons. The molecule has 0 bridgehead atoms. The van der Waals surface area contributed by atoms with Crippen molar-refractivity contribution >= 4 is 22.9 Å². The molecule has 2 heterocycles. The summed E-state index contributed by atoms with van der Waals surface area (Å²) in [6.45, 7) is 0.614. The third-order valence-corrected chi connectivity index (χ3v) is 4.61. The second kappa shape index (κ2) is 9.01. The zero-order chi connectivity index (χ0) is 20.9. The summed E-state index contributed by atoms with van der Waals surface area (Å²) >= 11 is 1.08. The number of thiazole rings is 1. The van der Waals surface area contributed by atoms with Crippen LogP contribution in [0.4, 0.5) is 18.9 Å². The Balaban J connectivity index is 1.76. The molecule has 6 nitrogen and oxygen atoms in total. The lowest BCUT2D eigenvalue weighted by Gasteiger charge is -2.10. The van der Waals surface area contributed by atoms with Crippen molar-refractivity contribution in [3.05, 3.63) is 59.2 Å². The summed E-state index contributed by atoms with van der Waals surface area (Å²) in [4.78, 5) is 20.7. The minimum Gasteiger partial charge on any atom is -0.474 e. The lowest BCUT2D eigenvalue weighted by molar-refractivity contribution is -0.137. The predicted octanol–water partition coefficient (Wildman–Crippen LogP) is 4.50. The van der Waals surface area contributed by atoms with E-state index in [1.807, 2.05) is 0 Å². The number of hydrogen-bond donors (Lipinski definition) is 1. The second-order valence-corrected chi connectivity index (χ2v) is 6.63. The number of hydrogen-bond acceptors (Lipinski definition) is 6. The first kappa shape index (κ1) is 20.7. The number of carbonyl (C=O) groups is 1. The van der Waals surface area contributed by atoms with Crippen LogP contribution in [-0.2, 0) is 10.9 Å². The number of carbonyl (C=O) groups excluding carboxylic acids is 1. The van der Waals surface area contributed by atoms with E-state index in [4.69, 9.17) is 9.47 Å². The van der Waals surface area contributed by atoms with Crippen LogP contribution in [0, 0.1) is 0 Å². The molecule has 10 heteroatoms. The van der Waals surface area contributed by atoms with Crippen LogP contribution in [0.1, 0.15) is 16.1 Å². The van der Waals surface area contributed by atoms with Crippen LogP contribution in [0.5, 0.6) is 5.88 Å². The number of rotatable bonds is 7. The SMILES string of the molecule is COCCOc1ncccc1NC(=O)c1csc(-c2cccc(C(F)(F)F)c2)n1. The van der Waals surface area contributed by atoms with Gasteiger partial charge in [-0.3, -0.25) is 4.79 Å². The number of alkyl halides is 3. The molecule has 2 aromatic heterocycles. The van der Waals surface area contributed by atoms with Crippen LogP contribution in [-0.4, -0.2) is 36.2 Å². The van der Waals surface area contributed by atoms with Gasteiger partial charge >= 0.3 is 6.18 Å². The van der Waals surface area contributed by atoms with Crippen molar-refractivity contribution in [2.45, 2.75) is 6.18 Å². The molecule has 0 aliphatic heterocycles. The quantitative estimate of drug-likeness (QED) is 0.567. The Morgan fingerprint density at radius 1 is 1.21 bits per heavy atom. The molecule has 0 aliphatic carbocycles. The number of halogens is 3. The normalized spacial score (nSPS) is 11.3. The molecule has 0 spiro atoms. The highest BCUT2D eigenvalue weighted by molar-refractivity contribution is 7.13.